The molecule has 2 amide bonds. The largest absolute Gasteiger partial charge is 0.366 e. The molecule has 3 aromatic rings. The van der Waals surface area contributed by atoms with E-state index in [-0.39, 0.29) is 18.5 Å². The SMILES string of the molecule is C[C@H](CCc1ccccc1)NC(=O)Cn1nnc(-c2ccc(C(N)=O)cc2)n1. The van der Waals surface area contributed by atoms with Crippen LogP contribution < -0.4 is 11.1 Å². The smallest absolute Gasteiger partial charge is 0.248 e. The fraction of sp³-hybridized carbons (Fsp3) is 0.250. The van der Waals surface area contributed by atoms with Gasteiger partial charge in [-0.15, -0.1) is 10.2 Å². The van der Waals surface area contributed by atoms with E-state index in [1.807, 2.05) is 25.1 Å². The number of tetrazole rings is 1. The van der Waals surface area contributed by atoms with Crippen LogP contribution in [0.5, 0.6) is 0 Å². The van der Waals surface area contributed by atoms with Gasteiger partial charge in [0, 0.05) is 17.2 Å². The van der Waals surface area contributed by atoms with Crippen molar-refractivity contribution < 1.29 is 9.59 Å². The Bertz CT molecular complexity index is 937. The number of aromatic nitrogens is 4. The van der Waals surface area contributed by atoms with Crippen LogP contribution in [0.15, 0.2) is 54.6 Å². The lowest BCUT2D eigenvalue weighted by Crippen LogP contribution is -2.35. The molecular formula is C20H22N6O2. The maximum absolute atomic E-state index is 12.2. The van der Waals surface area contributed by atoms with Crippen LogP contribution in [0.2, 0.25) is 0 Å². The summed E-state index contributed by atoms with van der Waals surface area (Å²) in [5.74, 6) is -0.296. The summed E-state index contributed by atoms with van der Waals surface area (Å²) >= 11 is 0. The van der Waals surface area contributed by atoms with Gasteiger partial charge in [0.1, 0.15) is 6.54 Å². The molecule has 144 valence electrons. The van der Waals surface area contributed by atoms with E-state index in [1.54, 1.807) is 24.3 Å². The third-order valence-corrected chi connectivity index (χ3v) is 4.28. The zero-order chi connectivity index (χ0) is 19.9. The van der Waals surface area contributed by atoms with Crippen molar-refractivity contribution in [3.05, 3.63) is 65.7 Å². The predicted molar refractivity (Wildman–Crippen MR) is 104 cm³/mol. The molecule has 1 heterocycles. The molecule has 0 unspecified atom stereocenters. The Kier molecular flexibility index (Phi) is 6.11. The molecule has 2 aromatic carbocycles. The van der Waals surface area contributed by atoms with E-state index in [9.17, 15) is 9.59 Å². The van der Waals surface area contributed by atoms with Crippen LogP contribution in [0.25, 0.3) is 11.4 Å². The lowest BCUT2D eigenvalue weighted by atomic mass is 10.1. The van der Waals surface area contributed by atoms with Crippen LogP contribution in [0.1, 0.15) is 29.3 Å². The minimum absolute atomic E-state index is 0.0119. The molecule has 0 spiro atoms. The van der Waals surface area contributed by atoms with Crippen LogP contribution in [0, 0.1) is 0 Å². The Morgan fingerprint density at radius 2 is 1.82 bits per heavy atom. The van der Waals surface area contributed by atoms with Gasteiger partial charge >= 0.3 is 0 Å². The summed E-state index contributed by atoms with van der Waals surface area (Å²) in [6, 6.07) is 16.8. The number of carbonyl (C=O) groups excluding carboxylic acids is 2. The number of nitrogens with two attached hydrogens (primary N) is 1. The van der Waals surface area contributed by atoms with Crippen molar-refractivity contribution in [2.24, 2.45) is 5.73 Å². The second-order valence-electron chi connectivity index (χ2n) is 6.58. The maximum atomic E-state index is 12.2. The molecule has 0 saturated carbocycles. The number of hydrogen-bond donors (Lipinski definition) is 2. The van der Waals surface area contributed by atoms with Gasteiger partial charge in [0.25, 0.3) is 0 Å². The topological polar surface area (TPSA) is 116 Å². The minimum atomic E-state index is -0.499. The predicted octanol–water partition coefficient (Wildman–Crippen LogP) is 1.58. The molecule has 0 bridgehead atoms. The van der Waals surface area contributed by atoms with Crippen LogP contribution in [-0.4, -0.2) is 38.1 Å². The van der Waals surface area contributed by atoms with Gasteiger partial charge in [-0.1, -0.05) is 42.5 Å². The average Bonchev–Trinajstić information content (AvgIpc) is 3.15. The van der Waals surface area contributed by atoms with Crippen LogP contribution in [-0.2, 0) is 17.8 Å². The molecule has 3 rings (SSSR count). The Morgan fingerprint density at radius 1 is 1.11 bits per heavy atom. The summed E-state index contributed by atoms with van der Waals surface area (Å²) in [6.07, 6.45) is 1.74. The van der Waals surface area contributed by atoms with E-state index in [0.29, 0.717) is 17.0 Å². The van der Waals surface area contributed by atoms with Crippen molar-refractivity contribution >= 4 is 11.8 Å². The molecule has 8 nitrogen and oxygen atoms in total. The van der Waals surface area contributed by atoms with Gasteiger partial charge in [-0.2, -0.15) is 4.80 Å². The van der Waals surface area contributed by atoms with Crippen LogP contribution in [0.3, 0.4) is 0 Å². The van der Waals surface area contributed by atoms with Crippen molar-refractivity contribution in [1.29, 1.82) is 0 Å². The van der Waals surface area contributed by atoms with E-state index >= 15 is 0 Å². The molecular weight excluding hydrogens is 356 g/mol. The zero-order valence-electron chi connectivity index (χ0n) is 15.6. The summed E-state index contributed by atoms with van der Waals surface area (Å²) in [4.78, 5) is 24.6. The highest BCUT2D eigenvalue weighted by Crippen LogP contribution is 2.14. The van der Waals surface area contributed by atoms with Gasteiger partial charge in [0.05, 0.1) is 0 Å². The normalized spacial score (nSPS) is 11.8. The monoisotopic (exact) mass is 378 g/mol. The van der Waals surface area contributed by atoms with Crippen LogP contribution >= 0.6 is 0 Å². The number of benzene rings is 2. The number of carbonyl (C=O) groups is 2. The van der Waals surface area contributed by atoms with Gasteiger partial charge in [-0.25, -0.2) is 0 Å². The summed E-state index contributed by atoms with van der Waals surface area (Å²) in [7, 11) is 0. The standard InChI is InChI=1S/C20H22N6O2/c1-14(7-8-15-5-3-2-4-6-15)22-18(27)13-26-24-20(23-25-26)17-11-9-16(10-12-17)19(21)28/h2-6,9-12,14H,7-8,13H2,1H3,(H2,21,28)(H,22,27)/t14-/m1/s1. The third-order valence-electron chi connectivity index (χ3n) is 4.28. The first kappa shape index (κ1) is 19.2. The molecule has 0 radical (unpaired) electrons. The summed E-state index contributed by atoms with van der Waals surface area (Å²) in [5.41, 5.74) is 7.56. The van der Waals surface area contributed by atoms with E-state index in [1.165, 1.54) is 10.4 Å². The average molecular weight is 378 g/mol. The maximum Gasteiger partial charge on any atom is 0.248 e. The van der Waals surface area contributed by atoms with Gasteiger partial charge in [0.2, 0.25) is 17.6 Å². The molecule has 1 aromatic heterocycles. The number of nitrogens with zero attached hydrogens (tertiary/aromatic N) is 4. The number of amides is 2. The highest BCUT2D eigenvalue weighted by Gasteiger charge is 2.12. The van der Waals surface area contributed by atoms with Crippen LogP contribution in [0.4, 0.5) is 0 Å². The Labute approximate surface area is 162 Å². The number of hydrogen-bond acceptors (Lipinski definition) is 5. The molecule has 0 aliphatic carbocycles. The van der Waals surface area contributed by atoms with E-state index in [2.05, 4.69) is 32.9 Å². The van der Waals surface area contributed by atoms with Gasteiger partial charge in [0.15, 0.2) is 0 Å². The van der Waals surface area contributed by atoms with Crippen molar-refractivity contribution in [3.63, 3.8) is 0 Å². The molecule has 1 atom stereocenters. The van der Waals surface area contributed by atoms with Gasteiger partial charge in [-0.3, -0.25) is 9.59 Å². The molecule has 0 saturated heterocycles. The molecule has 3 N–H and O–H groups in total. The summed E-state index contributed by atoms with van der Waals surface area (Å²) in [5, 5.41) is 15.0. The number of rotatable bonds is 8. The lowest BCUT2D eigenvalue weighted by molar-refractivity contribution is -0.122. The van der Waals surface area contributed by atoms with Crippen molar-refractivity contribution in [2.75, 3.05) is 0 Å². The lowest BCUT2D eigenvalue weighted by Gasteiger charge is -2.13. The highest BCUT2D eigenvalue weighted by atomic mass is 16.2. The molecule has 28 heavy (non-hydrogen) atoms. The Hall–Kier alpha value is -3.55. The quantitative estimate of drug-likeness (QED) is 0.617. The zero-order valence-corrected chi connectivity index (χ0v) is 15.6. The number of primary amides is 1. The van der Waals surface area contributed by atoms with E-state index < -0.39 is 5.91 Å². The van der Waals surface area contributed by atoms with Crippen molar-refractivity contribution in [2.45, 2.75) is 32.4 Å². The third kappa shape index (κ3) is 5.23. The number of aryl methyl sites for hydroxylation is 1. The fourth-order valence-electron chi connectivity index (χ4n) is 2.76. The number of nitrogens with one attached hydrogen (secondary N) is 1. The molecule has 0 aliphatic heterocycles. The summed E-state index contributed by atoms with van der Waals surface area (Å²) < 4.78 is 0. The first-order valence-corrected chi connectivity index (χ1v) is 9.02. The Morgan fingerprint density at radius 3 is 2.50 bits per heavy atom. The highest BCUT2D eigenvalue weighted by molar-refractivity contribution is 5.93. The van der Waals surface area contributed by atoms with Gasteiger partial charge in [-0.05, 0) is 42.7 Å². The minimum Gasteiger partial charge on any atom is -0.366 e. The first-order chi connectivity index (χ1) is 13.5. The summed E-state index contributed by atoms with van der Waals surface area (Å²) in [6.45, 7) is 1.96. The molecule has 0 aliphatic rings. The van der Waals surface area contributed by atoms with Crippen molar-refractivity contribution in [1.82, 2.24) is 25.5 Å². The van der Waals surface area contributed by atoms with Crippen molar-refractivity contribution in [3.8, 4) is 11.4 Å². The second-order valence-corrected chi connectivity index (χ2v) is 6.58. The second kappa shape index (κ2) is 8.90. The van der Waals surface area contributed by atoms with Gasteiger partial charge < -0.3 is 11.1 Å². The first-order valence-electron chi connectivity index (χ1n) is 9.02. The van der Waals surface area contributed by atoms with E-state index in [0.717, 1.165) is 12.8 Å². The molecule has 0 fully saturated rings. The molecule has 8 heteroatoms. The Balaban J connectivity index is 1.51. The fourth-order valence-corrected chi connectivity index (χ4v) is 2.76. The van der Waals surface area contributed by atoms with E-state index in [4.69, 9.17) is 5.73 Å².